The van der Waals surface area contributed by atoms with Crippen LogP contribution in [0.4, 0.5) is 4.39 Å². The number of ether oxygens (including phenoxy) is 4. The molecular weight excluding hydrogens is 453 g/mol. The third kappa shape index (κ3) is 6.01. The maximum atomic E-state index is 12.2. The number of hydrogen-bond acceptors (Lipinski definition) is 6. The van der Waals surface area contributed by atoms with E-state index in [-0.39, 0.29) is 19.1 Å². The molecule has 1 atom stereocenters. The fourth-order valence-corrected chi connectivity index (χ4v) is 5.12. The van der Waals surface area contributed by atoms with Crippen LogP contribution in [0.1, 0.15) is 38.5 Å². The first-order chi connectivity index (χ1) is 16.8. The molecule has 7 heteroatoms. The normalized spacial score (nSPS) is 19.1. The number of halogens is 1. The fraction of sp³-hybridized carbons (Fsp3) is 0.481. The van der Waals surface area contributed by atoms with Gasteiger partial charge in [-0.1, -0.05) is 0 Å². The molecule has 3 heterocycles. The van der Waals surface area contributed by atoms with E-state index < -0.39 is 0 Å². The molecule has 181 valence electrons. The molecule has 0 spiro atoms. The molecule has 1 aromatic heterocycles. The molecule has 1 radical (unpaired) electrons. The summed E-state index contributed by atoms with van der Waals surface area (Å²) in [5, 5.41) is 4.28. The van der Waals surface area contributed by atoms with E-state index >= 15 is 0 Å². The molecule has 0 N–H and O–H groups in total. The van der Waals surface area contributed by atoms with Crippen LogP contribution in [0.15, 0.2) is 42.5 Å². The van der Waals surface area contributed by atoms with Crippen LogP contribution in [0.2, 0.25) is 0 Å². The van der Waals surface area contributed by atoms with Gasteiger partial charge >= 0.3 is 0 Å². The number of rotatable bonds is 11. The van der Waals surface area contributed by atoms with Crippen LogP contribution < -0.4 is 14.2 Å². The van der Waals surface area contributed by atoms with E-state index in [1.807, 2.05) is 42.5 Å². The van der Waals surface area contributed by atoms with Crippen LogP contribution in [-0.2, 0) is 4.74 Å². The Labute approximate surface area is 204 Å². The molecule has 5 rings (SSSR count). The topological polar surface area (TPSA) is 40.2 Å². The monoisotopic (exact) mass is 484 g/mol. The van der Waals surface area contributed by atoms with Crippen molar-refractivity contribution in [2.75, 3.05) is 32.9 Å². The van der Waals surface area contributed by atoms with Gasteiger partial charge in [0.2, 0.25) is 0 Å². The quantitative estimate of drug-likeness (QED) is 0.287. The summed E-state index contributed by atoms with van der Waals surface area (Å²) < 4.78 is 37.0. The Kier molecular flexibility index (Phi) is 7.83. The van der Waals surface area contributed by atoms with Gasteiger partial charge in [0.1, 0.15) is 23.4 Å². The lowest BCUT2D eigenvalue weighted by Gasteiger charge is -2.39. The van der Waals surface area contributed by atoms with Crippen molar-refractivity contribution in [3.63, 3.8) is 0 Å². The maximum absolute atomic E-state index is 12.2. The molecule has 0 saturated carbocycles. The van der Waals surface area contributed by atoms with E-state index in [4.69, 9.17) is 18.9 Å². The first-order valence-electron chi connectivity index (χ1n) is 12.2. The first-order valence-corrected chi connectivity index (χ1v) is 13.0. The Morgan fingerprint density at radius 2 is 1.79 bits per heavy atom. The maximum Gasteiger partial charge on any atom is 0.199 e. The summed E-state index contributed by atoms with van der Waals surface area (Å²) in [6.07, 6.45) is 5.94. The first kappa shape index (κ1) is 23.4. The average Bonchev–Trinajstić information content (AvgIpc) is 3.23. The highest BCUT2D eigenvalue weighted by atomic mass is 32.1. The van der Waals surface area contributed by atoms with Crippen molar-refractivity contribution in [3.05, 3.63) is 47.8 Å². The molecule has 34 heavy (non-hydrogen) atoms. The summed E-state index contributed by atoms with van der Waals surface area (Å²) in [5.41, 5.74) is 0. The molecule has 2 fully saturated rings. The fourth-order valence-electron chi connectivity index (χ4n) is 4.32. The predicted molar refractivity (Wildman–Crippen MR) is 132 cm³/mol. The van der Waals surface area contributed by atoms with Gasteiger partial charge in [-0.05, 0) is 81.1 Å². The molecule has 1 unspecified atom stereocenters. The number of likely N-dealkylation sites (tertiary alicyclic amines) is 1. The highest BCUT2D eigenvalue weighted by Gasteiger charge is 2.27. The van der Waals surface area contributed by atoms with Gasteiger partial charge in [0.05, 0.1) is 18.7 Å². The van der Waals surface area contributed by atoms with Gasteiger partial charge in [0.25, 0.3) is 0 Å². The van der Waals surface area contributed by atoms with Gasteiger partial charge < -0.3 is 18.9 Å². The lowest BCUT2D eigenvalue weighted by Crippen LogP contribution is -2.53. The van der Waals surface area contributed by atoms with Crippen LogP contribution >= 0.6 is 11.3 Å². The van der Waals surface area contributed by atoms with E-state index in [0.717, 1.165) is 91.4 Å². The molecule has 0 aliphatic carbocycles. The summed E-state index contributed by atoms with van der Waals surface area (Å²) in [6.45, 7) is 3.45. The van der Waals surface area contributed by atoms with Gasteiger partial charge in [-0.25, -0.2) is 0 Å². The van der Waals surface area contributed by atoms with Crippen molar-refractivity contribution in [1.29, 1.82) is 0 Å². The lowest BCUT2D eigenvalue weighted by molar-refractivity contribution is -0.105. The molecule has 0 bridgehead atoms. The minimum absolute atomic E-state index is 0.151. The number of thiophene rings is 1. The molecule has 2 aliphatic heterocycles. The number of benzene rings is 2. The SMILES string of the molecule is FCCCCCN1CC(Oc2ccc(Oc3[c]sc4cc(OC5CCCCO5)ccc34)cc2)C1. The minimum atomic E-state index is -0.210. The van der Waals surface area contributed by atoms with E-state index in [1.165, 1.54) is 11.3 Å². The molecule has 2 saturated heterocycles. The zero-order chi connectivity index (χ0) is 23.2. The number of alkyl halides is 1. The lowest BCUT2D eigenvalue weighted by atomic mass is 10.1. The number of nitrogens with zero attached hydrogens (tertiary/aromatic N) is 1. The van der Waals surface area contributed by atoms with Crippen molar-refractivity contribution in [2.45, 2.75) is 50.9 Å². The second-order valence-corrected chi connectivity index (χ2v) is 9.78. The van der Waals surface area contributed by atoms with Crippen molar-refractivity contribution >= 4 is 21.4 Å². The second-order valence-electron chi connectivity index (χ2n) is 8.93. The summed E-state index contributed by atoms with van der Waals surface area (Å²) in [7, 11) is 0. The number of hydrogen-bond donors (Lipinski definition) is 0. The largest absolute Gasteiger partial charge is 0.488 e. The third-order valence-corrected chi connectivity index (χ3v) is 7.08. The minimum Gasteiger partial charge on any atom is -0.488 e. The van der Waals surface area contributed by atoms with E-state index in [0.29, 0.717) is 6.42 Å². The Hall–Kier alpha value is -2.35. The van der Waals surface area contributed by atoms with E-state index in [2.05, 4.69) is 10.3 Å². The molecule has 2 aliphatic rings. The second kappa shape index (κ2) is 11.4. The van der Waals surface area contributed by atoms with Crippen molar-refractivity contribution in [1.82, 2.24) is 4.90 Å². The Morgan fingerprint density at radius 1 is 0.971 bits per heavy atom. The van der Waals surface area contributed by atoms with Crippen molar-refractivity contribution in [3.8, 4) is 23.0 Å². The van der Waals surface area contributed by atoms with E-state index in [9.17, 15) is 4.39 Å². The van der Waals surface area contributed by atoms with Crippen molar-refractivity contribution < 1.29 is 23.3 Å². The molecule has 2 aromatic carbocycles. The summed E-state index contributed by atoms with van der Waals surface area (Å²) >= 11 is 1.52. The molecule has 5 nitrogen and oxygen atoms in total. The number of unbranched alkanes of at least 4 members (excludes halogenated alkanes) is 2. The van der Waals surface area contributed by atoms with Crippen LogP contribution in [-0.4, -0.2) is 50.2 Å². The van der Waals surface area contributed by atoms with Crippen LogP contribution in [0.5, 0.6) is 23.0 Å². The van der Waals surface area contributed by atoms with Gasteiger partial charge in [-0.3, -0.25) is 9.29 Å². The summed E-state index contributed by atoms with van der Waals surface area (Å²) in [4.78, 5) is 2.36. The highest BCUT2D eigenvalue weighted by molar-refractivity contribution is 7.17. The number of fused-ring (bicyclic) bond motifs is 1. The van der Waals surface area contributed by atoms with Gasteiger partial charge in [0.15, 0.2) is 12.0 Å². The van der Waals surface area contributed by atoms with Crippen LogP contribution in [0.25, 0.3) is 10.1 Å². The average molecular weight is 485 g/mol. The van der Waals surface area contributed by atoms with Crippen LogP contribution in [0.3, 0.4) is 0 Å². The van der Waals surface area contributed by atoms with Crippen molar-refractivity contribution in [2.24, 2.45) is 0 Å². The summed E-state index contributed by atoms with van der Waals surface area (Å²) in [6, 6.07) is 13.8. The third-order valence-electron chi connectivity index (χ3n) is 6.23. The molecule has 3 aromatic rings. The van der Waals surface area contributed by atoms with E-state index in [1.54, 1.807) is 0 Å². The smallest absolute Gasteiger partial charge is 0.199 e. The highest BCUT2D eigenvalue weighted by Crippen LogP contribution is 2.37. The summed E-state index contributed by atoms with van der Waals surface area (Å²) in [5.74, 6) is 3.14. The zero-order valence-electron chi connectivity index (χ0n) is 19.3. The zero-order valence-corrected chi connectivity index (χ0v) is 20.2. The Balaban J connectivity index is 1.11. The standard InChI is InChI=1S/C27H31FNO4S/c28-13-3-1-4-14-29-17-23(18-29)31-20-7-9-21(10-8-20)32-25-19-34-26-16-22(11-12-24(25)26)33-27-6-2-5-15-30-27/h7-12,16,23,27H,1-6,13-15,17-18H2. The van der Waals surface area contributed by atoms with Crippen LogP contribution in [0, 0.1) is 5.38 Å². The Bertz CT molecular complexity index is 1040. The molecule has 0 amide bonds. The van der Waals surface area contributed by atoms with Gasteiger partial charge in [-0.2, -0.15) is 0 Å². The molecular formula is C27H31FNO4S. The van der Waals surface area contributed by atoms with Gasteiger partial charge in [0, 0.05) is 29.6 Å². The Morgan fingerprint density at radius 3 is 2.59 bits per heavy atom. The van der Waals surface area contributed by atoms with Gasteiger partial charge in [-0.15, -0.1) is 11.3 Å². The predicted octanol–water partition coefficient (Wildman–Crippen LogP) is 6.60.